The molecule has 0 saturated carbocycles. The van der Waals surface area contributed by atoms with Crippen molar-refractivity contribution in [3.63, 3.8) is 0 Å². The minimum Gasteiger partial charge on any atom is -0.489 e. The molecule has 3 nitrogen and oxygen atoms in total. The number of aliphatic hydroxyl groups is 1. The molecule has 0 aromatic heterocycles. The molecule has 0 radical (unpaired) electrons. The van der Waals surface area contributed by atoms with Gasteiger partial charge >= 0.3 is 0 Å². The van der Waals surface area contributed by atoms with Crippen LogP contribution in [0.3, 0.4) is 0 Å². The summed E-state index contributed by atoms with van der Waals surface area (Å²) in [6.45, 7) is 2.90. The summed E-state index contributed by atoms with van der Waals surface area (Å²) in [5.41, 5.74) is 4.47. The van der Waals surface area contributed by atoms with E-state index in [1.54, 1.807) is 0 Å². The van der Waals surface area contributed by atoms with Gasteiger partial charge in [-0.15, -0.1) is 0 Å². The molecule has 1 unspecified atom stereocenters. The number of benzene rings is 3. The molecule has 4 rings (SSSR count). The van der Waals surface area contributed by atoms with Crippen LogP contribution in [-0.4, -0.2) is 29.2 Å². The molecular weight excluding hydrogens is 346 g/mol. The summed E-state index contributed by atoms with van der Waals surface area (Å²) in [6, 6.07) is 28.5. The molecule has 1 heterocycles. The molecule has 0 aliphatic carbocycles. The first-order valence-corrected chi connectivity index (χ1v) is 9.69. The van der Waals surface area contributed by atoms with Gasteiger partial charge in [0, 0.05) is 19.6 Å². The Balaban J connectivity index is 1.37. The van der Waals surface area contributed by atoms with Gasteiger partial charge in [-0.3, -0.25) is 4.90 Å². The summed E-state index contributed by atoms with van der Waals surface area (Å²) >= 11 is 0. The van der Waals surface area contributed by atoms with E-state index >= 15 is 0 Å². The first-order chi connectivity index (χ1) is 13.8. The van der Waals surface area contributed by atoms with Gasteiger partial charge in [-0.1, -0.05) is 78.9 Å². The fourth-order valence-corrected chi connectivity index (χ4v) is 3.55. The van der Waals surface area contributed by atoms with Crippen LogP contribution in [0.1, 0.15) is 16.7 Å². The maximum Gasteiger partial charge on any atom is 0.119 e. The normalized spacial score (nSPS) is 17.2. The second kappa shape index (κ2) is 8.87. The summed E-state index contributed by atoms with van der Waals surface area (Å²) in [4.78, 5) is 2.26. The fraction of sp³-hybridized carbons (Fsp3) is 0.200. The molecule has 0 spiro atoms. The molecule has 28 heavy (non-hydrogen) atoms. The smallest absolute Gasteiger partial charge is 0.119 e. The van der Waals surface area contributed by atoms with Crippen LogP contribution in [0, 0.1) is 0 Å². The molecule has 1 atom stereocenters. The molecule has 1 N–H and O–H groups in total. The summed E-state index contributed by atoms with van der Waals surface area (Å²) < 4.78 is 5.85. The lowest BCUT2D eigenvalue weighted by Gasteiger charge is -2.30. The molecule has 3 aromatic rings. The van der Waals surface area contributed by atoms with E-state index in [2.05, 4.69) is 47.4 Å². The van der Waals surface area contributed by atoms with Crippen molar-refractivity contribution in [1.82, 2.24) is 4.90 Å². The van der Waals surface area contributed by atoms with Gasteiger partial charge in [0.25, 0.3) is 0 Å². The third kappa shape index (κ3) is 4.69. The predicted octanol–water partition coefficient (Wildman–Crippen LogP) is 4.53. The summed E-state index contributed by atoms with van der Waals surface area (Å²) in [6.07, 6.45) is 1.66. The highest BCUT2D eigenvalue weighted by Crippen LogP contribution is 2.26. The van der Waals surface area contributed by atoms with Crippen LogP contribution in [0.5, 0.6) is 5.75 Å². The van der Waals surface area contributed by atoms with Gasteiger partial charge in [0.1, 0.15) is 12.4 Å². The molecule has 0 bridgehead atoms. The predicted molar refractivity (Wildman–Crippen MR) is 113 cm³/mol. The molecular formula is C25H25NO2. The Bertz CT molecular complexity index is 904. The quantitative estimate of drug-likeness (QED) is 0.691. The second-order valence-electron chi connectivity index (χ2n) is 7.15. The average molecular weight is 371 g/mol. The Morgan fingerprint density at radius 1 is 0.821 bits per heavy atom. The van der Waals surface area contributed by atoms with E-state index in [1.807, 2.05) is 48.5 Å². The first kappa shape index (κ1) is 18.5. The number of ether oxygens (including phenoxy) is 1. The molecule has 0 fully saturated rings. The fourth-order valence-electron chi connectivity index (χ4n) is 3.55. The van der Waals surface area contributed by atoms with E-state index in [0.717, 1.165) is 35.5 Å². The van der Waals surface area contributed by atoms with Crippen molar-refractivity contribution in [3.05, 3.63) is 108 Å². The van der Waals surface area contributed by atoms with Crippen LogP contribution in [0.2, 0.25) is 0 Å². The first-order valence-electron chi connectivity index (χ1n) is 9.69. The summed E-state index contributed by atoms with van der Waals surface area (Å²) in [7, 11) is 0. The molecule has 3 heteroatoms. The summed E-state index contributed by atoms with van der Waals surface area (Å²) in [5, 5.41) is 10.7. The van der Waals surface area contributed by atoms with Crippen molar-refractivity contribution in [3.8, 4) is 5.75 Å². The van der Waals surface area contributed by atoms with Crippen LogP contribution in [-0.2, 0) is 13.2 Å². The Hall–Kier alpha value is -2.88. The van der Waals surface area contributed by atoms with Gasteiger partial charge in [0.15, 0.2) is 0 Å². The van der Waals surface area contributed by atoms with Crippen molar-refractivity contribution < 1.29 is 9.84 Å². The van der Waals surface area contributed by atoms with Crippen molar-refractivity contribution >= 4 is 5.57 Å². The second-order valence-corrected chi connectivity index (χ2v) is 7.15. The van der Waals surface area contributed by atoms with Crippen molar-refractivity contribution in [2.75, 3.05) is 13.1 Å². The van der Waals surface area contributed by atoms with Gasteiger partial charge in [-0.2, -0.15) is 0 Å². The largest absolute Gasteiger partial charge is 0.489 e. The van der Waals surface area contributed by atoms with Crippen LogP contribution in [0.15, 0.2) is 91.0 Å². The number of rotatable bonds is 6. The third-order valence-corrected chi connectivity index (χ3v) is 5.04. The zero-order chi connectivity index (χ0) is 19.2. The van der Waals surface area contributed by atoms with Crippen molar-refractivity contribution in [1.29, 1.82) is 0 Å². The minimum atomic E-state index is -0.478. The number of aliphatic hydroxyl groups excluding tert-OH is 1. The lowest BCUT2D eigenvalue weighted by Crippen LogP contribution is -2.36. The Morgan fingerprint density at radius 2 is 1.46 bits per heavy atom. The van der Waals surface area contributed by atoms with Crippen molar-refractivity contribution in [2.45, 2.75) is 19.3 Å². The van der Waals surface area contributed by atoms with E-state index in [9.17, 15) is 5.11 Å². The van der Waals surface area contributed by atoms with Gasteiger partial charge in [-0.05, 0) is 34.4 Å². The highest BCUT2D eigenvalue weighted by atomic mass is 16.5. The van der Waals surface area contributed by atoms with Gasteiger partial charge < -0.3 is 9.84 Å². The number of nitrogens with zero attached hydrogens (tertiary/aromatic N) is 1. The zero-order valence-corrected chi connectivity index (χ0v) is 15.9. The Kier molecular flexibility index (Phi) is 5.86. The van der Waals surface area contributed by atoms with Crippen molar-refractivity contribution in [2.24, 2.45) is 0 Å². The lowest BCUT2D eigenvalue weighted by atomic mass is 9.96. The number of hydrogen-bond donors (Lipinski definition) is 1. The number of β-amino-alcohol motifs (C(OH)–C–C–N with tert-alkyl or cyclic N) is 1. The van der Waals surface area contributed by atoms with Crippen LogP contribution >= 0.6 is 0 Å². The van der Waals surface area contributed by atoms with E-state index in [-0.39, 0.29) is 0 Å². The molecule has 3 aromatic carbocycles. The molecule has 1 aliphatic heterocycles. The monoisotopic (exact) mass is 371 g/mol. The van der Waals surface area contributed by atoms with E-state index in [4.69, 9.17) is 4.74 Å². The maximum absolute atomic E-state index is 10.7. The topological polar surface area (TPSA) is 32.7 Å². The van der Waals surface area contributed by atoms with Gasteiger partial charge in [0.2, 0.25) is 0 Å². The molecule has 0 amide bonds. The lowest BCUT2D eigenvalue weighted by molar-refractivity contribution is 0.148. The Labute approximate surface area is 166 Å². The summed E-state index contributed by atoms with van der Waals surface area (Å²) in [5.74, 6) is 0.837. The Morgan fingerprint density at radius 3 is 2.11 bits per heavy atom. The van der Waals surface area contributed by atoms with Crippen LogP contribution in [0.25, 0.3) is 5.57 Å². The zero-order valence-electron chi connectivity index (χ0n) is 15.9. The highest BCUT2D eigenvalue weighted by Gasteiger charge is 2.21. The van der Waals surface area contributed by atoms with E-state index in [0.29, 0.717) is 13.2 Å². The third-order valence-electron chi connectivity index (χ3n) is 5.04. The number of hydrogen-bond acceptors (Lipinski definition) is 3. The molecule has 0 saturated heterocycles. The molecule has 1 aliphatic rings. The standard InChI is InChI=1S/C25H25NO2/c27-25-18-26(17-20-7-3-1-4-8-20)16-15-24(25)22-11-13-23(14-12-22)28-19-21-9-5-2-6-10-21/h1-15,25,27H,16-19H2. The van der Waals surface area contributed by atoms with E-state index in [1.165, 1.54) is 5.56 Å². The maximum atomic E-state index is 10.7. The van der Waals surface area contributed by atoms with Gasteiger partial charge in [-0.25, -0.2) is 0 Å². The van der Waals surface area contributed by atoms with Crippen LogP contribution < -0.4 is 4.74 Å². The SMILES string of the molecule is OC1CN(Cc2ccccc2)CC=C1c1ccc(OCc2ccccc2)cc1. The molecule has 142 valence electrons. The average Bonchev–Trinajstić information content (AvgIpc) is 2.74. The minimum absolute atomic E-state index is 0.478. The highest BCUT2D eigenvalue weighted by molar-refractivity contribution is 5.70. The van der Waals surface area contributed by atoms with Crippen LogP contribution in [0.4, 0.5) is 0 Å². The van der Waals surface area contributed by atoms with Gasteiger partial charge in [0.05, 0.1) is 6.10 Å². The van der Waals surface area contributed by atoms with E-state index < -0.39 is 6.10 Å².